The smallest absolute Gasteiger partial charge is 0.227 e. The number of nitrogens with zero attached hydrogens (tertiary/aromatic N) is 1. The first-order valence-corrected chi connectivity index (χ1v) is 7.80. The van der Waals surface area contributed by atoms with Gasteiger partial charge in [-0.05, 0) is 44.9 Å². The second kappa shape index (κ2) is 10.3. The lowest BCUT2D eigenvalue weighted by Gasteiger charge is -2.26. The molecule has 0 spiro atoms. The van der Waals surface area contributed by atoms with Crippen molar-refractivity contribution < 1.29 is 23.0 Å². The maximum atomic E-state index is 13.2. The van der Waals surface area contributed by atoms with E-state index >= 15 is 0 Å². The first-order chi connectivity index (χ1) is 11.0. The quantitative estimate of drug-likeness (QED) is 0.620. The van der Waals surface area contributed by atoms with Crippen molar-refractivity contribution in [3.05, 3.63) is 41.8 Å². The van der Waals surface area contributed by atoms with Crippen molar-refractivity contribution in [1.29, 1.82) is 0 Å². The Balaban J connectivity index is 2.56. The summed E-state index contributed by atoms with van der Waals surface area (Å²) in [5.41, 5.74) is 0.541. The van der Waals surface area contributed by atoms with Gasteiger partial charge in [-0.15, -0.1) is 0 Å². The van der Waals surface area contributed by atoms with Gasteiger partial charge in [0.05, 0.1) is 13.0 Å². The maximum absolute atomic E-state index is 13.2. The Morgan fingerprint density at radius 2 is 1.83 bits per heavy atom. The zero-order chi connectivity index (χ0) is 17.2. The number of carbonyl (C=O) groups excluding carboxylic acids is 1. The van der Waals surface area contributed by atoms with E-state index in [-0.39, 0.29) is 12.3 Å². The molecule has 4 nitrogen and oxygen atoms in total. The fourth-order valence-electron chi connectivity index (χ4n) is 2.08. The van der Waals surface area contributed by atoms with E-state index in [4.69, 9.17) is 9.47 Å². The van der Waals surface area contributed by atoms with E-state index in [1.807, 2.05) is 20.8 Å². The van der Waals surface area contributed by atoms with Gasteiger partial charge in [-0.3, -0.25) is 4.79 Å². The molecule has 0 unspecified atom stereocenters. The Labute approximate surface area is 136 Å². The summed E-state index contributed by atoms with van der Waals surface area (Å²) in [6.45, 7) is 7.40. The monoisotopic (exact) mass is 328 g/mol. The molecule has 0 saturated heterocycles. The van der Waals surface area contributed by atoms with Crippen LogP contribution in [-0.2, 0) is 20.7 Å². The van der Waals surface area contributed by atoms with Crippen molar-refractivity contribution >= 4 is 5.91 Å². The molecule has 1 amide bonds. The van der Waals surface area contributed by atoms with Gasteiger partial charge < -0.3 is 14.4 Å². The summed E-state index contributed by atoms with van der Waals surface area (Å²) in [4.78, 5) is 13.8. The molecule has 0 aromatic heterocycles. The van der Waals surface area contributed by atoms with Crippen LogP contribution in [0.15, 0.2) is 18.2 Å². The highest BCUT2D eigenvalue weighted by Gasteiger charge is 2.18. The number of rotatable bonds is 10. The average Bonchev–Trinajstić information content (AvgIpc) is 2.53. The lowest BCUT2D eigenvalue weighted by molar-refractivity contribution is -0.156. The third-order valence-electron chi connectivity index (χ3n) is 3.26. The molecule has 0 aliphatic rings. The summed E-state index contributed by atoms with van der Waals surface area (Å²) in [5.74, 6) is -2.00. The van der Waals surface area contributed by atoms with Gasteiger partial charge in [0, 0.05) is 19.8 Å². The minimum Gasteiger partial charge on any atom is -0.351 e. The van der Waals surface area contributed by atoms with Crippen LogP contribution in [0.2, 0.25) is 0 Å². The SMILES string of the molecule is CCOC(CN(CC)C(=O)[CH]Cc1ccc(F)c(F)c1)OCC. The molecule has 1 radical (unpaired) electrons. The van der Waals surface area contributed by atoms with Crippen LogP contribution in [0, 0.1) is 18.1 Å². The number of hydrogen-bond acceptors (Lipinski definition) is 3. The molecule has 1 aromatic carbocycles. The van der Waals surface area contributed by atoms with Crippen LogP contribution in [-0.4, -0.2) is 43.4 Å². The van der Waals surface area contributed by atoms with E-state index in [0.29, 0.717) is 31.9 Å². The van der Waals surface area contributed by atoms with Gasteiger partial charge in [0.2, 0.25) is 5.91 Å². The molecule has 129 valence electrons. The summed E-state index contributed by atoms with van der Waals surface area (Å²) < 4.78 is 36.9. The van der Waals surface area contributed by atoms with Gasteiger partial charge in [0.1, 0.15) is 0 Å². The van der Waals surface area contributed by atoms with Crippen LogP contribution >= 0.6 is 0 Å². The Morgan fingerprint density at radius 1 is 1.17 bits per heavy atom. The molecule has 0 bridgehead atoms. The highest BCUT2D eigenvalue weighted by molar-refractivity contribution is 5.85. The Morgan fingerprint density at radius 3 is 2.35 bits per heavy atom. The molecule has 0 N–H and O–H groups in total. The number of carbonyl (C=O) groups is 1. The first-order valence-electron chi connectivity index (χ1n) is 7.80. The summed E-state index contributed by atoms with van der Waals surface area (Å²) in [6.07, 6.45) is 1.22. The van der Waals surface area contributed by atoms with E-state index in [2.05, 4.69) is 0 Å². The highest BCUT2D eigenvalue weighted by atomic mass is 19.2. The molecule has 0 atom stereocenters. The molecule has 0 aliphatic carbocycles. The molecule has 1 aromatic rings. The maximum Gasteiger partial charge on any atom is 0.227 e. The van der Waals surface area contributed by atoms with Gasteiger partial charge in [0.25, 0.3) is 0 Å². The summed E-state index contributed by atoms with van der Waals surface area (Å²) in [7, 11) is 0. The van der Waals surface area contributed by atoms with E-state index in [1.54, 1.807) is 4.90 Å². The van der Waals surface area contributed by atoms with Crippen LogP contribution in [0.4, 0.5) is 8.78 Å². The van der Waals surface area contributed by atoms with Crippen LogP contribution in [0.1, 0.15) is 26.3 Å². The van der Waals surface area contributed by atoms with Gasteiger partial charge >= 0.3 is 0 Å². The third-order valence-corrected chi connectivity index (χ3v) is 3.26. The second-order valence-corrected chi connectivity index (χ2v) is 4.87. The normalized spacial score (nSPS) is 11.0. The van der Waals surface area contributed by atoms with Crippen LogP contribution in [0.25, 0.3) is 0 Å². The largest absolute Gasteiger partial charge is 0.351 e. The number of hydrogen-bond donors (Lipinski definition) is 0. The lowest BCUT2D eigenvalue weighted by atomic mass is 10.1. The molecule has 0 saturated carbocycles. The van der Waals surface area contributed by atoms with Crippen molar-refractivity contribution in [2.75, 3.05) is 26.3 Å². The minimum absolute atomic E-state index is 0.193. The highest BCUT2D eigenvalue weighted by Crippen LogP contribution is 2.11. The zero-order valence-electron chi connectivity index (χ0n) is 13.9. The topological polar surface area (TPSA) is 38.8 Å². The average molecular weight is 328 g/mol. The second-order valence-electron chi connectivity index (χ2n) is 4.87. The van der Waals surface area contributed by atoms with Gasteiger partial charge in [0.15, 0.2) is 17.9 Å². The van der Waals surface area contributed by atoms with Crippen molar-refractivity contribution in [2.45, 2.75) is 33.5 Å². The van der Waals surface area contributed by atoms with E-state index in [9.17, 15) is 13.6 Å². The zero-order valence-corrected chi connectivity index (χ0v) is 13.9. The fourth-order valence-corrected chi connectivity index (χ4v) is 2.08. The van der Waals surface area contributed by atoms with Gasteiger partial charge in [-0.25, -0.2) is 8.78 Å². The van der Waals surface area contributed by atoms with Crippen LogP contribution in [0.3, 0.4) is 0 Å². The number of ether oxygens (including phenoxy) is 2. The molecular formula is C17H24F2NO3. The van der Waals surface area contributed by atoms with Crippen molar-refractivity contribution in [1.82, 2.24) is 4.90 Å². The van der Waals surface area contributed by atoms with E-state index in [0.717, 1.165) is 12.1 Å². The predicted molar refractivity (Wildman–Crippen MR) is 83.7 cm³/mol. The van der Waals surface area contributed by atoms with Gasteiger partial charge in [-0.1, -0.05) is 6.07 Å². The van der Waals surface area contributed by atoms with Gasteiger partial charge in [-0.2, -0.15) is 0 Å². The number of amides is 1. The van der Waals surface area contributed by atoms with Crippen molar-refractivity contribution in [3.63, 3.8) is 0 Å². The Kier molecular flexibility index (Phi) is 8.73. The molecule has 0 fully saturated rings. The van der Waals surface area contributed by atoms with Crippen molar-refractivity contribution in [2.24, 2.45) is 0 Å². The van der Waals surface area contributed by atoms with E-state index in [1.165, 1.54) is 12.5 Å². The summed E-state index contributed by atoms with van der Waals surface area (Å²) in [6, 6.07) is 3.61. The molecule has 6 heteroatoms. The first kappa shape index (κ1) is 19.5. The molecule has 1 rings (SSSR count). The molecule has 0 heterocycles. The summed E-state index contributed by atoms with van der Waals surface area (Å²) in [5, 5.41) is 0. The summed E-state index contributed by atoms with van der Waals surface area (Å²) >= 11 is 0. The molecule has 0 aliphatic heterocycles. The Bertz CT molecular complexity index is 491. The lowest BCUT2D eigenvalue weighted by Crippen LogP contribution is -2.40. The fraction of sp³-hybridized carbons (Fsp3) is 0.529. The van der Waals surface area contributed by atoms with Crippen LogP contribution in [0.5, 0.6) is 0 Å². The molecular weight excluding hydrogens is 304 g/mol. The predicted octanol–water partition coefficient (Wildman–Crippen LogP) is 2.96. The number of likely N-dealkylation sites (N-methyl/N-ethyl adjacent to an activating group) is 1. The molecule has 23 heavy (non-hydrogen) atoms. The number of halogens is 2. The third kappa shape index (κ3) is 6.62. The van der Waals surface area contributed by atoms with Crippen LogP contribution < -0.4 is 0 Å². The Hall–Kier alpha value is -1.53. The van der Waals surface area contributed by atoms with Crippen molar-refractivity contribution in [3.8, 4) is 0 Å². The minimum atomic E-state index is -0.913. The standard InChI is InChI=1S/C17H24F2NO3/c1-4-20(12-17(22-5-2)23-6-3)16(21)10-8-13-7-9-14(18)15(19)11-13/h7,9-11,17H,4-6,8,12H2,1-3H3. The number of benzene rings is 1. The van der Waals surface area contributed by atoms with E-state index < -0.39 is 17.9 Å².